The van der Waals surface area contributed by atoms with Gasteiger partial charge in [0.15, 0.2) is 0 Å². The SMILES string of the molecule is CCc1cc(Cn2c(CNC)cnc2C)n(C)n1. The monoisotopic (exact) mass is 247 g/mol. The molecule has 0 bridgehead atoms. The molecule has 0 fully saturated rings. The minimum atomic E-state index is 0.826. The molecule has 2 rings (SSSR count). The van der Waals surface area contributed by atoms with Crippen LogP contribution in [0.2, 0.25) is 0 Å². The maximum absolute atomic E-state index is 4.48. The van der Waals surface area contributed by atoms with Crippen molar-refractivity contribution in [2.24, 2.45) is 7.05 Å². The molecule has 2 heterocycles. The van der Waals surface area contributed by atoms with E-state index in [1.54, 1.807) is 0 Å². The van der Waals surface area contributed by atoms with Crippen LogP contribution in [0, 0.1) is 6.92 Å². The van der Waals surface area contributed by atoms with Gasteiger partial charge in [0.05, 0.1) is 23.6 Å². The van der Waals surface area contributed by atoms with Crippen LogP contribution in [0.1, 0.15) is 29.8 Å². The summed E-state index contributed by atoms with van der Waals surface area (Å²) in [5, 5.41) is 7.65. The minimum Gasteiger partial charge on any atom is -0.325 e. The van der Waals surface area contributed by atoms with Crippen LogP contribution in [0.4, 0.5) is 0 Å². The summed E-state index contributed by atoms with van der Waals surface area (Å²) < 4.78 is 4.19. The van der Waals surface area contributed by atoms with E-state index in [2.05, 4.69) is 33.0 Å². The second kappa shape index (κ2) is 5.35. The first kappa shape index (κ1) is 12.8. The van der Waals surface area contributed by atoms with Crippen LogP contribution >= 0.6 is 0 Å². The molecule has 0 unspecified atom stereocenters. The van der Waals surface area contributed by atoms with Crippen LogP contribution in [-0.4, -0.2) is 26.4 Å². The molecule has 0 saturated heterocycles. The van der Waals surface area contributed by atoms with Crippen molar-refractivity contribution >= 4 is 0 Å². The van der Waals surface area contributed by atoms with Crippen molar-refractivity contribution in [2.75, 3.05) is 7.05 Å². The molecule has 0 atom stereocenters. The molecule has 0 aliphatic rings. The summed E-state index contributed by atoms with van der Waals surface area (Å²) in [6, 6.07) is 2.17. The molecule has 0 spiro atoms. The Morgan fingerprint density at radius 3 is 2.72 bits per heavy atom. The lowest BCUT2D eigenvalue weighted by Crippen LogP contribution is -2.14. The average Bonchev–Trinajstić information content (AvgIpc) is 2.87. The number of aryl methyl sites for hydroxylation is 3. The number of nitrogens with one attached hydrogen (secondary N) is 1. The smallest absolute Gasteiger partial charge is 0.106 e. The molecule has 0 aliphatic carbocycles. The van der Waals surface area contributed by atoms with Gasteiger partial charge in [0, 0.05) is 19.8 Å². The Hall–Kier alpha value is -1.62. The number of hydrogen-bond donors (Lipinski definition) is 1. The average molecular weight is 247 g/mol. The zero-order valence-corrected chi connectivity index (χ0v) is 11.6. The highest BCUT2D eigenvalue weighted by Crippen LogP contribution is 2.11. The molecule has 0 aromatic carbocycles. The van der Waals surface area contributed by atoms with Gasteiger partial charge in [0.25, 0.3) is 0 Å². The Morgan fingerprint density at radius 2 is 2.11 bits per heavy atom. The van der Waals surface area contributed by atoms with Gasteiger partial charge in [-0.15, -0.1) is 0 Å². The van der Waals surface area contributed by atoms with Crippen molar-refractivity contribution in [3.63, 3.8) is 0 Å². The van der Waals surface area contributed by atoms with Crippen LogP contribution in [0.25, 0.3) is 0 Å². The quantitative estimate of drug-likeness (QED) is 0.865. The number of aromatic nitrogens is 4. The summed E-state index contributed by atoms with van der Waals surface area (Å²) >= 11 is 0. The maximum Gasteiger partial charge on any atom is 0.106 e. The molecule has 5 heteroatoms. The van der Waals surface area contributed by atoms with Crippen molar-refractivity contribution in [1.82, 2.24) is 24.6 Å². The molecule has 1 N–H and O–H groups in total. The van der Waals surface area contributed by atoms with E-state index in [9.17, 15) is 0 Å². The molecule has 98 valence electrons. The molecular formula is C13H21N5. The molecule has 18 heavy (non-hydrogen) atoms. The molecule has 2 aromatic heterocycles. The topological polar surface area (TPSA) is 47.7 Å². The Kier molecular flexibility index (Phi) is 3.81. The van der Waals surface area contributed by atoms with E-state index in [4.69, 9.17) is 0 Å². The van der Waals surface area contributed by atoms with Gasteiger partial charge >= 0.3 is 0 Å². The van der Waals surface area contributed by atoms with E-state index in [0.29, 0.717) is 0 Å². The zero-order chi connectivity index (χ0) is 13.1. The van der Waals surface area contributed by atoms with Gasteiger partial charge in [0.1, 0.15) is 5.82 Å². The first-order valence-corrected chi connectivity index (χ1v) is 6.33. The lowest BCUT2D eigenvalue weighted by atomic mass is 10.3. The largest absolute Gasteiger partial charge is 0.325 e. The van der Waals surface area contributed by atoms with E-state index in [0.717, 1.165) is 31.0 Å². The Bertz CT molecular complexity index is 523. The van der Waals surface area contributed by atoms with E-state index < -0.39 is 0 Å². The van der Waals surface area contributed by atoms with Crippen LogP contribution in [0.3, 0.4) is 0 Å². The van der Waals surface area contributed by atoms with Crippen molar-refractivity contribution in [1.29, 1.82) is 0 Å². The second-order valence-corrected chi connectivity index (χ2v) is 4.52. The van der Waals surface area contributed by atoms with Crippen molar-refractivity contribution < 1.29 is 0 Å². The Labute approximate surface area is 108 Å². The van der Waals surface area contributed by atoms with Crippen LogP contribution < -0.4 is 5.32 Å². The van der Waals surface area contributed by atoms with E-state index >= 15 is 0 Å². The Balaban J connectivity index is 2.27. The normalized spacial score (nSPS) is 11.1. The van der Waals surface area contributed by atoms with Crippen molar-refractivity contribution in [2.45, 2.75) is 33.4 Å². The summed E-state index contributed by atoms with van der Waals surface area (Å²) in [5.74, 6) is 1.04. The van der Waals surface area contributed by atoms with Crippen LogP contribution in [-0.2, 0) is 26.6 Å². The summed E-state index contributed by atoms with van der Waals surface area (Å²) in [6.07, 6.45) is 2.91. The molecule has 0 saturated carbocycles. The molecule has 0 amide bonds. The van der Waals surface area contributed by atoms with Gasteiger partial charge in [-0.2, -0.15) is 5.10 Å². The first-order valence-electron chi connectivity index (χ1n) is 6.33. The Morgan fingerprint density at radius 1 is 1.33 bits per heavy atom. The third-order valence-electron chi connectivity index (χ3n) is 3.21. The highest BCUT2D eigenvalue weighted by Gasteiger charge is 2.10. The van der Waals surface area contributed by atoms with Gasteiger partial charge in [-0.25, -0.2) is 4.98 Å². The molecular weight excluding hydrogens is 226 g/mol. The highest BCUT2D eigenvalue weighted by molar-refractivity contribution is 5.14. The van der Waals surface area contributed by atoms with Crippen LogP contribution in [0.15, 0.2) is 12.3 Å². The third kappa shape index (κ3) is 2.46. The van der Waals surface area contributed by atoms with Crippen LogP contribution in [0.5, 0.6) is 0 Å². The molecule has 5 nitrogen and oxygen atoms in total. The summed E-state index contributed by atoms with van der Waals surface area (Å²) in [4.78, 5) is 4.38. The fraction of sp³-hybridized carbons (Fsp3) is 0.538. The summed E-state index contributed by atoms with van der Waals surface area (Å²) in [7, 11) is 3.95. The lowest BCUT2D eigenvalue weighted by Gasteiger charge is -2.10. The van der Waals surface area contributed by atoms with Crippen molar-refractivity contribution in [3.8, 4) is 0 Å². The zero-order valence-electron chi connectivity index (χ0n) is 11.6. The van der Waals surface area contributed by atoms with Gasteiger partial charge in [0.2, 0.25) is 0 Å². The maximum atomic E-state index is 4.48. The minimum absolute atomic E-state index is 0.826. The second-order valence-electron chi connectivity index (χ2n) is 4.52. The van der Waals surface area contributed by atoms with Gasteiger partial charge in [-0.1, -0.05) is 6.92 Å². The molecule has 0 aliphatic heterocycles. The third-order valence-corrected chi connectivity index (χ3v) is 3.21. The predicted molar refractivity (Wildman–Crippen MR) is 71.4 cm³/mol. The van der Waals surface area contributed by atoms with E-state index in [1.807, 2.05) is 31.9 Å². The fourth-order valence-corrected chi connectivity index (χ4v) is 2.11. The standard InChI is InChI=1S/C13H21N5/c1-5-11-6-12(17(4)16-11)9-18-10(2)15-8-13(18)7-14-3/h6,8,14H,5,7,9H2,1-4H3. The summed E-state index contributed by atoms with van der Waals surface area (Å²) in [6.45, 7) is 5.82. The predicted octanol–water partition coefficient (Wildman–Crippen LogP) is 1.26. The van der Waals surface area contributed by atoms with Gasteiger partial charge in [-0.3, -0.25) is 4.68 Å². The van der Waals surface area contributed by atoms with Gasteiger partial charge in [-0.05, 0) is 26.5 Å². The fourth-order valence-electron chi connectivity index (χ4n) is 2.11. The van der Waals surface area contributed by atoms with E-state index in [-0.39, 0.29) is 0 Å². The number of nitrogens with zero attached hydrogens (tertiary/aromatic N) is 4. The summed E-state index contributed by atoms with van der Waals surface area (Å²) in [5.41, 5.74) is 3.56. The first-order chi connectivity index (χ1) is 8.65. The lowest BCUT2D eigenvalue weighted by molar-refractivity contribution is 0.622. The van der Waals surface area contributed by atoms with E-state index in [1.165, 1.54) is 11.4 Å². The highest BCUT2D eigenvalue weighted by atomic mass is 15.3. The molecule has 0 radical (unpaired) electrons. The number of hydrogen-bond acceptors (Lipinski definition) is 3. The van der Waals surface area contributed by atoms with Crippen molar-refractivity contribution in [3.05, 3.63) is 35.2 Å². The number of rotatable bonds is 5. The molecule has 2 aromatic rings. The van der Waals surface area contributed by atoms with Gasteiger partial charge < -0.3 is 9.88 Å². The number of imidazole rings is 1.